The lowest BCUT2D eigenvalue weighted by Gasteiger charge is -2.17. The van der Waals surface area contributed by atoms with E-state index in [1.807, 2.05) is 23.1 Å². The highest BCUT2D eigenvalue weighted by Crippen LogP contribution is 2.25. The van der Waals surface area contributed by atoms with Gasteiger partial charge < -0.3 is 10.6 Å². The van der Waals surface area contributed by atoms with E-state index in [0.717, 1.165) is 26.6 Å². The number of nitrogens with zero attached hydrogens (tertiary/aromatic N) is 1. The number of benzene rings is 1. The predicted molar refractivity (Wildman–Crippen MR) is 82.6 cm³/mol. The van der Waals surface area contributed by atoms with Crippen molar-refractivity contribution in [2.24, 2.45) is 5.73 Å². The average molecular weight is 431 g/mol. The highest BCUT2D eigenvalue weighted by molar-refractivity contribution is 14.1. The molecule has 0 bridgehead atoms. The van der Waals surface area contributed by atoms with E-state index in [0.29, 0.717) is 6.54 Å². The second kappa shape index (κ2) is 6.36. The molecule has 1 fully saturated rings. The number of nitrogens with two attached hydrogens (primary N) is 1. The summed E-state index contributed by atoms with van der Waals surface area (Å²) in [5.74, 6) is 0.0679. The van der Waals surface area contributed by atoms with Gasteiger partial charge in [0.25, 0.3) is 5.91 Å². The van der Waals surface area contributed by atoms with Crippen LogP contribution >= 0.6 is 50.9 Å². The fourth-order valence-corrected chi connectivity index (χ4v) is 2.74. The van der Waals surface area contributed by atoms with Crippen LogP contribution in [0.3, 0.4) is 0 Å². The molecule has 1 heterocycles. The molecule has 17 heavy (non-hydrogen) atoms. The number of carbonyl (C=O) groups excluding carboxylic acids is 1. The molecule has 1 unspecified atom stereocenters. The van der Waals surface area contributed by atoms with Crippen LogP contribution in [0.2, 0.25) is 0 Å². The molecular weight excluding hydrogens is 418 g/mol. The summed E-state index contributed by atoms with van der Waals surface area (Å²) in [6.07, 6.45) is 0.896. The number of rotatable bonds is 1. The quantitative estimate of drug-likeness (QED) is 0.695. The number of carbonyl (C=O) groups is 1. The first-order chi connectivity index (χ1) is 7.59. The maximum absolute atomic E-state index is 12.2. The van der Waals surface area contributed by atoms with E-state index in [4.69, 9.17) is 5.73 Å². The monoisotopic (exact) mass is 430 g/mol. The summed E-state index contributed by atoms with van der Waals surface area (Å²) in [4.78, 5) is 14.0. The van der Waals surface area contributed by atoms with Crippen LogP contribution in [0, 0.1) is 3.57 Å². The van der Waals surface area contributed by atoms with E-state index in [-0.39, 0.29) is 24.4 Å². The Kier molecular flexibility index (Phi) is 5.69. The molecule has 0 spiro atoms. The third-order valence-corrected chi connectivity index (χ3v) is 5.19. The molecule has 1 aliphatic heterocycles. The standard InChI is InChI=1S/C11H12BrIN2O.ClH/c12-10-8(2-1-3-9(10)13)11(16)15-5-4-7(14)6-15;/h1-3,7H,4-6,14H2;1H. The summed E-state index contributed by atoms with van der Waals surface area (Å²) in [7, 11) is 0. The SMILES string of the molecule is Cl.NC1CCN(C(=O)c2cccc(I)c2Br)C1. The van der Waals surface area contributed by atoms with Gasteiger partial charge in [0.2, 0.25) is 0 Å². The summed E-state index contributed by atoms with van der Waals surface area (Å²) in [6.45, 7) is 1.43. The van der Waals surface area contributed by atoms with Gasteiger partial charge in [0.15, 0.2) is 0 Å². The van der Waals surface area contributed by atoms with Gasteiger partial charge in [-0.1, -0.05) is 6.07 Å². The highest BCUT2D eigenvalue weighted by atomic mass is 127. The van der Waals surface area contributed by atoms with E-state index in [9.17, 15) is 4.79 Å². The lowest BCUT2D eigenvalue weighted by atomic mass is 10.2. The summed E-state index contributed by atoms with van der Waals surface area (Å²) in [5.41, 5.74) is 6.53. The van der Waals surface area contributed by atoms with Gasteiger partial charge in [0, 0.05) is 27.2 Å². The third-order valence-electron chi connectivity index (χ3n) is 2.69. The van der Waals surface area contributed by atoms with E-state index in [1.54, 1.807) is 0 Å². The van der Waals surface area contributed by atoms with E-state index < -0.39 is 0 Å². The number of halogens is 3. The van der Waals surface area contributed by atoms with Gasteiger partial charge in [-0.25, -0.2) is 0 Å². The Morgan fingerprint density at radius 2 is 2.24 bits per heavy atom. The Hall–Kier alpha value is 0.150. The van der Waals surface area contributed by atoms with Crippen molar-refractivity contribution in [2.75, 3.05) is 13.1 Å². The van der Waals surface area contributed by atoms with Gasteiger partial charge >= 0.3 is 0 Å². The predicted octanol–water partition coefficient (Wildman–Crippen LogP) is 2.65. The van der Waals surface area contributed by atoms with E-state index in [2.05, 4.69) is 38.5 Å². The zero-order chi connectivity index (χ0) is 11.7. The van der Waals surface area contributed by atoms with Crippen molar-refractivity contribution in [1.82, 2.24) is 4.90 Å². The first-order valence-electron chi connectivity index (χ1n) is 5.08. The van der Waals surface area contributed by atoms with Crippen LogP contribution in [0.4, 0.5) is 0 Å². The molecule has 1 aromatic rings. The minimum absolute atomic E-state index is 0. The molecule has 2 rings (SSSR count). The van der Waals surface area contributed by atoms with Crippen molar-refractivity contribution in [3.8, 4) is 0 Å². The van der Waals surface area contributed by atoms with Crippen LogP contribution in [0.25, 0.3) is 0 Å². The smallest absolute Gasteiger partial charge is 0.255 e. The first kappa shape index (κ1) is 15.2. The Morgan fingerprint density at radius 1 is 1.53 bits per heavy atom. The Balaban J connectivity index is 0.00000144. The minimum atomic E-state index is 0. The minimum Gasteiger partial charge on any atom is -0.337 e. The summed E-state index contributed by atoms with van der Waals surface area (Å²) >= 11 is 5.67. The molecule has 1 amide bonds. The second-order valence-corrected chi connectivity index (χ2v) is 5.86. The number of amides is 1. The molecule has 1 atom stereocenters. The maximum atomic E-state index is 12.2. The normalized spacial score (nSPS) is 19.0. The van der Waals surface area contributed by atoms with E-state index >= 15 is 0 Å². The van der Waals surface area contributed by atoms with Crippen LogP contribution in [-0.2, 0) is 0 Å². The maximum Gasteiger partial charge on any atom is 0.255 e. The molecule has 1 aliphatic rings. The Bertz CT molecular complexity index is 430. The van der Waals surface area contributed by atoms with Crippen LogP contribution in [-0.4, -0.2) is 29.9 Å². The molecular formula is C11H13BrClIN2O. The Labute approximate surface area is 129 Å². The van der Waals surface area contributed by atoms with Gasteiger partial charge in [-0.2, -0.15) is 0 Å². The van der Waals surface area contributed by atoms with Crippen LogP contribution < -0.4 is 5.73 Å². The largest absolute Gasteiger partial charge is 0.337 e. The van der Waals surface area contributed by atoms with Crippen molar-refractivity contribution >= 4 is 56.8 Å². The van der Waals surface area contributed by atoms with Gasteiger partial charge in [0.1, 0.15) is 0 Å². The number of likely N-dealkylation sites (tertiary alicyclic amines) is 1. The van der Waals surface area contributed by atoms with Gasteiger partial charge in [0.05, 0.1) is 5.56 Å². The molecule has 3 nitrogen and oxygen atoms in total. The third kappa shape index (κ3) is 3.33. The molecule has 0 radical (unpaired) electrons. The van der Waals surface area contributed by atoms with Crippen molar-refractivity contribution in [1.29, 1.82) is 0 Å². The van der Waals surface area contributed by atoms with Crippen molar-refractivity contribution in [2.45, 2.75) is 12.5 Å². The fraction of sp³-hybridized carbons (Fsp3) is 0.364. The molecule has 1 saturated heterocycles. The lowest BCUT2D eigenvalue weighted by molar-refractivity contribution is 0.0790. The van der Waals surface area contributed by atoms with Crippen LogP contribution in [0.1, 0.15) is 16.8 Å². The zero-order valence-corrected chi connectivity index (χ0v) is 13.6. The summed E-state index contributed by atoms with van der Waals surface area (Å²) in [5, 5.41) is 0. The molecule has 1 aromatic carbocycles. The topological polar surface area (TPSA) is 46.3 Å². The Morgan fingerprint density at radius 3 is 2.82 bits per heavy atom. The van der Waals surface area contributed by atoms with Crippen molar-refractivity contribution in [3.63, 3.8) is 0 Å². The van der Waals surface area contributed by atoms with E-state index in [1.165, 1.54) is 0 Å². The summed E-state index contributed by atoms with van der Waals surface area (Å²) < 4.78 is 1.92. The molecule has 6 heteroatoms. The van der Waals surface area contributed by atoms with Gasteiger partial charge in [-0.15, -0.1) is 12.4 Å². The van der Waals surface area contributed by atoms with Gasteiger partial charge in [-0.05, 0) is 57.1 Å². The molecule has 0 aliphatic carbocycles. The van der Waals surface area contributed by atoms with Crippen molar-refractivity contribution in [3.05, 3.63) is 31.8 Å². The molecule has 0 saturated carbocycles. The zero-order valence-electron chi connectivity index (χ0n) is 9.03. The van der Waals surface area contributed by atoms with Crippen LogP contribution in [0.5, 0.6) is 0 Å². The number of hydrogen-bond donors (Lipinski definition) is 1. The number of hydrogen-bond acceptors (Lipinski definition) is 2. The summed E-state index contributed by atoms with van der Waals surface area (Å²) in [6, 6.07) is 5.84. The molecule has 0 aromatic heterocycles. The second-order valence-electron chi connectivity index (χ2n) is 3.90. The first-order valence-corrected chi connectivity index (χ1v) is 6.95. The van der Waals surface area contributed by atoms with Crippen LogP contribution in [0.15, 0.2) is 22.7 Å². The lowest BCUT2D eigenvalue weighted by Crippen LogP contribution is -2.32. The molecule has 2 N–H and O–H groups in total. The fourth-order valence-electron chi connectivity index (χ4n) is 1.81. The average Bonchev–Trinajstić information content (AvgIpc) is 2.68. The van der Waals surface area contributed by atoms with Crippen molar-refractivity contribution < 1.29 is 4.79 Å². The highest BCUT2D eigenvalue weighted by Gasteiger charge is 2.25. The van der Waals surface area contributed by atoms with Gasteiger partial charge in [-0.3, -0.25) is 4.79 Å². The molecule has 94 valence electrons.